The first kappa shape index (κ1) is 18.2. The third-order valence-corrected chi connectivity index (χ3v) is 5.51. The van der Waals surface area contributed by atoms with E-state index in [2.05, 4.69) is 28.9 Å². The highest BCUT2D eigenvalue weighted by molar-refractivity contribution is 5.85. The molecule has 0 bridgehead atoms. The second-order valence-corrected chi connectivity index (χ2v) is 6.79. The largest absolute Gasteiger partial charge is 0.340 e. The van der Waals surface area contributed by atoms with Crippen LogP contribution in [0.4, 0.5) is 0 Å². The van der Waals surface area contributed by atoms with E-state index < -0.39 is 0 Å². The monoisotopic (exact) mass is 337 g/mol. The molecule has 2 fully saturated rings. The number of hydrogen-bond donors (Lipinski definition) is 1. The summed E-state index contributed by atoms with van der Waals surface area (Å²) in [6.45, 7) is 4.67. The second kappa shape index (κ2) is 7.65. The van der Waals surface area contributed by atoms with Gasteiger partial charge in [0, 0.05) is 19.1 Å². The lowest BCUT2D eigenvalue weighted by Crippen LogP contribution is -2.41. The Hall–Kier alpha value is -1.10. The Kier molecular flexibility index (Phi) is 6.06. The number of nitrogens with zero attached hydrogens (tertiary/aromatic N) is 2. The topological polar surface area (TPSA) is 49.6 Å². The number of nitrogens with two attached hydrogens (primary N) is 1. The second-order valence-electron chi connectivity index (χ2n) is 6.79. The summed E-state index contributed by atoms with van der Waals surface area (Å²) in [5, 5.41) is 0. The SMILES string of the molecule is CCN(C)C(C(=O)N1CC2CCC(N)C2C1)c1ccccc1.Cl. The molecule has 1 saturated heterocycles. The standard InChI is InChI=1S/C18H27N3O.ClH/c1-3-20(2)17(13-7-5-4-6-8-13)18(22)21-11-14-9-10-16(19)15(14)12-21;/h4-8,14-17H,3,9-12,19H2,1-2H3;1H. The third kappa shape index (κ3) is 3.54. The van der Waals surface area contributed by atoms with Gasteiger partial charge in [-0.1, -0.05) is 37.3 Å². The Morgan fingerprint density at radius 2 is 2.00 bits per heavy atom. The fourth-order valence-corrected chi connectivity index (χ4v) is 4.06. The summed E-state index contributed by atoms with van der Waals surface area (Å²) in [6, 6.07) is 10.2. The number of benzene rings is 1. The zero-order chi connectivity index (χ0) is 15.7. The molecule has 1 amide bonds. The first-order valence-electron chi connectivity index (χ1n) is 8.41. The Balaban J connectivity index is 0.00000192. The average molecular weight is 338 g/mol. The van der Waals surface area contributed by atoms with Crippen molar-refractivity contribution in [1.82, 2.24) is 9.80 Å². The molecule has 0 aromatic heterocycles. The summed E-state index contributed by atoms with van der Waals surface area (Å²) < 4.78 is 0. The molecule has 5 heteroatoms. The summed E-state index contributed by atoms with van der Waals surface area (Å²) in [4.78, 5) is 17.3. The highest BCUT2D eigenvalue weighted by Gasteiger charge is 2.44. The van der Waals surface area contributed by atoms with Gasteiger partial charge in [0.15, 0.2) is 0 Å². The quantitative estimate of drug-likeness (QED) is 0.917. The van der Waals surface area contributed by atoms with Crippen LogP contribution in [0, 0.1) is 11.8 Å². The third-order valence-electron chi connectivity index (χ3n) is 5.51. The Bertz CT molecular complexity index is 524. The lowest BCUT2D eigenvalue weighted by Gasteiger charge is -2.31. The van der Waals surface area contributed by atoms with Gasteiger partial charge in [0.05, 0.1) is 0 Å². The van der Waals surface area contributed by atoms with Crippen molar-refractivity contribution in [2.45, 2.75) is 31.8 Å². The molecule has 1 aliphatic carbocycles. The van der Waals surface area contributed by atoms with Gasteiger partial charge in [-0.2, -0.15) is 0 Å². The fourth-order valence-electron chi connectivity index (χ4n) is 4.06. The van der Waals surface area contributed by atoms with Crippen LogP contribution in [-0.4, -0.2) is 48.4 Å². The first-order valence-corrected chi connectivity index (χ1v) is 8.41. The van der Waals surface area contributed by atoms with E-state index in [-0.39, 0.29) is 30.4 Å². The summed E-state index contributed by atoms with van der Waals surface area (Å²) in [6.07, 6.45) is 2.30. The van der Waals surface area contributed by atoms with Crippen LogP contribution in [0.15, 0.2) is 30.3 Å². The van der Waals surface area contributed by atoms with Crippen molar-refractivity contribution < 1.29 is 4.79 Å². The van der Waals surface area contributed by atoms with Crippen LogP contribution in [0.2, 0.25) is 0 Å². The number of fused-ring (bicyclic) bond motifs is 1. The van der Waals surface area contributed by atoms with Gasteiger partial charge < -0.3 is 10.6 Å². The predicted molar refractivity (Wildman–Crippen MR) is 95.5 cm³/mol. The molecule has 1 saturated carbocycles. The van der Waals surface area contributed by atoms with Crippen LogP contribution in [0.3, 0.4) is 0 Å². The molecule has 4 atom stereocenters. The normalized spacial score (nSPS) is 27.7. The molecule has 3 rings (SSSR count). The maximum atomic E-state index is 13.1. The van der Waals surface area contributed by atoms with E-state index in [9.17, 15) is 4.79 Å². The van der Waals surface area contributed by atoms with E-state index in [0.29, 0.717) is 11.8 Å². The Labute approximate surface area is 145 Å². The van der Waals surface area contributed by atoms with Crippen molar-refractivity contribution in [1.29, 1.82) is 0 Å². The van der Waals surface area contributed by atoms with Crippen LogP contribution >= 0.6 is 12.4 Å². The van der Waals surface area contributed by atoms with Gasteiger partial charge in [0.2, 0.25) is 5.91 Å². The van der Waals surface area contributed by atoms with E-state index >= 15 is 0 Å². The molecule has 2 aliphatic rings. The number of halogens is 1. The predicted octanol–water partition coefficient (Wildman–Crippen LogP) is 2.30. The molecule has 1 aliphatic heterocycles. The number of amides is 1. The summed E-state index contributed by atoms with van der Waals surface area (Å²) in [7, 11) is 2.03. The summed E-state index contributed by atoms with van der Waals surface area (Å²) in [5.41, 5.74) is 7.29. The van der Waals surface area contributed by atoms with E-state index in [1.54, 1.807) is 0 Å². The van der Waals surface area contributed by atoms with Crippen LogP contribution in [0.5, 0.6) is 0 Å². The first-order chi connectivity index (χ1) is 10.6. The maximum absolute atomic E-state index is 13.1. The zero-order valence-corrected chi connectivity index (χ0v) is 14.8. The molecule has 128 valence electrons. The van der Waals surface area contributed by atoms with Crippen LogP contribution in [-0.2, 0) is 4.79 Å². The average Bonchev–Trinajstić information content (AvgIpc) is 3.11. The minimum absolute atomic E-state index is 0. The molecule has 1 heterocycles. The highest BCUT2D eigenvalue weighted by Crippen LogP contribution is 2.38. The van der Waals surface area contributed by atoms with Crippen molar-refractivity contribution in [2.75, 3.05) is 26.7 Å². The van der Waals surface area contributed by atoms with Gasteiger partial charge in [-0.15, -0.1) is 12.4 Å². The zero-order valence-electron chi connectivity index (χ0n) is 14.0. The van der Waals surface area contributed by atoms with Gasteiger partial charge in [0.25, 0.3) is 0 Å². The molecule has 1 aromatic rings. The smallest absolute Gasteiger partial charge is 0.244 e. The minimum Gasteiger partial charge on any atom is -0.340 e. The van der Waals surface area contributed by atoms with Crippen molar-refractivity contribution in [2.24, 2.45) is 17.6 Å². The molecule has 4 unspecified atom stereocenters. The molecule has 0 spiro atoms. The van der Waals surface area contributed by atoms with E-state index in [4.69, 9.17) is 5.73 Å². The Morgan fingerprint density at radius 1 is 1.30 bits per heavy atom. The minimum atomic E-state index is -0.179. The number of rotatable bonds is 4. The maximum Gasteiger partial charge on any atom is 0.244 e. The lowest BCUT2D eigenvalue weighted by atomic mass is 9.98. The summed E-state index contributed by atoms with van der Waals surface area (Å²) in [5.74, 6) is 1.35. The van der Waals surface area contributed by atoms with Crippen LogP contribution in [0.25, 0.3) is 0 Å². The molecule has 23 heavy (non-hydrogen) atoms. The molecule has 1 aromatic carbocycles. The molecule has 2 N–H and O–H groups in total. The van der Waals surface area contributed by atoms with Crippen molar-refractivity contribution in [3.05, 3.63) is 35.9 Å². The van der Waals surface area contributed by atoms with E-state index in [1.165, 1.54) is 6.42 Å². The fraction of sp³-hybridized carbons (Fsp3) is 0.611. The van der Waals surface area contributed by atoms with Crippen molar-refractivity contribution in [3.63, 3.8) is 0 Å². The van der Waals surface area contributed by atoms with Crippen molar-refractivity contribution >= 4 is 18.3 Å². The molecular weight excluding hydrogens is 310 g/mol. The van der Waals surface area contributed by atoms with Gasteiger partial charge in [-0.05, 0) is 43.8 Å². The molecule has 4 nitrogen and oxygen atoms in total. The van der Waals surface area contributed by atoms with Crippen molar-refractivity contribution in [3.8, 4) is 0 Å². The van der Waals surface area contributed by atoms with Gasteiger partial charge in [-0.3, -0.25) is 9.69 Å². The summed E-state index contributed by atoms with van der Waals surface area (Å²) >= 11 is 0. The lowest BCUT2D eigenvalue weighted by molar-refractivity contribution is -0.136. The molecule has 0 radical (unpaired) electrons. The van der Waals surface area contributed by atoms with Gasteiger partial charge in [0.1, 0.15) is 6.04 Å². The highest BCUT2D eigenvalue weighted by atomic mass is 35.5. The van der Waals surface area contributed by atoms with E-state index in [0.717, 1.165) is 31.6 Å². The number of carbonyl (C=O) groups excluding carboxylic acids is 1. The van der Waals surface area contributed by atoms with E-state index in [1.807, 2.05) is 25.2 Å². The van der Waals surface area contributed by atoms with Crippen LogP contribution in [0.1, 0.15) is 31.4 Å². The Morgan fingerprint density at radius 3 is 2.61 bits per heavy atom. The number of likely N-dealkylation sites (N-methyl/N-ethyl adjacent to an activating group) is 1. The van der Waals surface area contributed by atoms with Crippen LogP contribution < -0.4 is 5.73 Å². The number of carbonyl (C=O) groups is 1. The number of hydrogen-bond acceptors (Lipinski definition) is 3. The number of likely N-dealkylation sites (tertiary alicyclic amines) is 1. The van der Waals surface area contributed by atoms with Gasteiger partial charge in [-0.25, -0.2) is 0 Å². The van der Waals surface area contributed by atoms with Gasteiger partial charge >= 0.3 is 0 Å². The molecular formula is C18H28ClN3O.